The lowest BCUT2D eigenvalue weighted by Gasteiger charge is -2.12. The Morgan fingerprint density at radius 3 is 3.06 bits per heavy atom. The monoisotopic (exact) mass is 264 g/mol. The summed E-state index contributed by atoms with van der Waals surface area (Å²) in [6, 6.07) is 3.60. The van der Waals surface area contributed by atoms with Crippen LogP contribution in [0.15, 0.2) is 23.3 Å². The van der Waals surface area contributed by atoms with Crippen LogP contribution in [0.1, 0.15) is 18.0 Å². The number of rotatable bonds is 1. The van der Waals surface area contributed by atoms with Gasteiger partial charge < -0.3 is 4.74 Å². The maximum Gasteiger partial charge on any atom is 0.261 e. The molecule has 0 radical (unpaired) electrons. The first-order chi connectivity index (χ1) is 8.66. The number of fused-ring (bicyclic) bond motifs is 1. The topological polar surface area (TPSA) is 44.1 Å². The molecule has 0 aliphatic carbocycles. The van der Waals surface area contributed by atoms with E-state index in [9.17, 15) is 4.79 Å². The van der Waals surface area contributed by atoms with Gasteiger partial charge in [-0.3, -0.25) is 9.36 Å². The number of aromatic nitrogens is 2. The average molecular weight is 265 g/mol. The molecule has 0 amide bonds. The second-order valence-corrected chi connectivity index (χ2v) is 5.03. The predicted molar refractivity (Wildman–Crippen MR) is 70.2 cm³/mol. The third kappa shape index (κ3) is 1.82. The van der Waals surface area contributed by atoms with Gasteiger partial charge in [-0.25, -0.2) is 4.98 Å². The maximum absolute atomic E-state index is 12.4. The van der Waals surface area contributed by atoms with E-state index in [2.05, 4.69) is 4.98 Å². The summed E-state index contributed by atoms with van der Waals surface area (Å²) in [5, 5.41) is 1.15. The summed E-state index contributed by atoms with van der Waals surface area (Å²) in [5.41, 5.74) is 1.60. The van der Waals surface area contributed by atoms with Gasteiger partial charge in [-0.15, -0.1) is 0 Å². The van der Waals surface area contributed by atoms with E-state index in [4.69, 9.17) is 16.3 Å². The lowest BCUT2D eigenvalue weighted by Crippen LogP contribution is -2.25. The molecule has 0 N–H and O–H groups in total. The highest BCUT2D eigenvalue weighted by atomic mass is 35.5. The smallest absolute Gasteiger partial charge is 0.261 e. The van der Waals surface area contributed by atoms with E-state index in [0.29, 0.717) is 23.6 Å². The lowest BCUT2D eigenvalue weighted by atomic mass is 10.1. The highest BCUT2D eigenvalue weighted by Gasteiger charge is 2.20. The Balaban J connectivity index is 2.25. The molecule has 2 heterocycles. The van der Waals surface area contributed by atoms with Gasteiger partial charge in [0.2, 0.25) is 0 Å². The number of aryl methyl sites for hydroxylation is 1. The fourth-order valence-corrected chi connectivity index (χ4v) is 2.66. The Kier molecular flexibility index (Phi) is 2.84. The molecule has 3 rings (SSSR count). The molecule has 1 aromatic heterocycles. The van der Waals surface area contributed by atoms with Crippen LogP contribution in [-0.4, -0.2) is 22.8 Å². The summed E-state index contributed by atoms with van der Waals surface area (Å²) < 4.78 is 6.97. The number of ether oxygens (including phenoxy) is 1. The molecule has 1 fully saturated rings. The van der Waals surface area contributed by atoms with Crippen molar-refractivity contribution in [3.05, 3.63) is 39.4 Å². The second kappa shape index (κ2) is 4.37. The molecular weight excluding hydrogens is 252 g/mol. The van der Waals surface area contributed by atoms with Crippen LogP contribution in [0.25, 0.3) is 10.9 Å². The predicted octanol–water partition coefficient (Wildman–Crippen LogP) is 2.32. The minimum absolute atomic E-state index is 0.0406. The van der Waals surface area contributed by atoms with Crippen LogP contribution in [-0.2, 0) is 4.74 Å². The van der Waals surface area contributed by atoms with E-state index in [1.165, 1.54) is 0 Å². The average Bonchev–Trinajstić information content (AvgIpc) is 2.84. The normalized spacial score (nSPS) is 19.6. The third-order valence-electron chi connectivity index (χ3n) is 3.34. The Labute approximate surface area is 109 Å². The Bertz CT molecular complexity index is 660. The van der Waals surface area contributed by atoms with Crippen molar-refractivity contribution in [1.82, 2.24) is 9.55 Å². The molecule has 2 aromatic rings. The van der Waals surface area contributed by atoms with E-state index in [1.54, 1.807) is 17.0 Å². The minimum Gasteiger partial charge on any atom is -0.379 e. The van der Waals surface area contributed by atoms with E-state index >= 15 is 0 Å². The second-order valence-electron chi connectivity index (χ2n) is 4.59. The summed E-state index contributed by atoms with van der Waals surface area (Å²) in [6.07, 6.45) is 2.47. The zero-order valence-corrected chi connectivity index (χ0v) is 10.8. The molecule has 1 unspecified atom stereocenters. The Morgan fingerprint density at radius 1 is 1.50 bits per heavy atom. The van der Waals surface area contributed by atoms with Gasteiger partial charge in [0.1, 0.15) is 0 Å². The van der Waals surface area contributed by atoms with E-state index in [1.807, 2.05) is 13.0 Å². The fraction of sp³-hybridized carbons (Fsp3) is 0.385. The largest absolute Gasteiger partial charge is 0.379 e. The molecule has 0 saturated carbocycles. The molecule has 4 nitrogen and oxygen atoms in total. The molecule has 0 spiro atoms. The summed E-state index contributed by atoms with van der Waals surface area (Å²) in [6.45, 7) is 3.18. The van der Waals surface area contributed by atoms with E-state index in [-0.39, 0.29) is 11.6 Å². The Morgan fingerprint density at radius 2 is 2.33 bits per heavy atom. The van der Waals surface area contributed by atoms with Crippen LogP contribution in [0.4, 0.5) is 0 Å². The lowest BCUT2D eigenvalue weighted by molar-refractivity contribution is 0.186. The van der Waals surface area contributed by atoms with Gasteiger partial charge in [-0.05, 0) is 31.0 Å². The van der Waals surface area contributed by atoms with Gasteiger partial charge >= 0.3 is 0 Å². The summed E-state index contributed by atoms with van der Waals surface area (Å²) >= 11 is 6.01. The SMILES string of the molecule is Cc1cc(Cl)cc2c(=O)n(C3CCOC3)cnc12. The summed E-state index contributed by atoms with van der Waals surface area (Å²) in [5.74, 6) is 0. The molecular formula is C13H13ClN2O2. The molecule has 1 aliphatic heterocycles. The number of hydrogen-bond donors (Lipinski definition) is 0. The van der Waals surface area contributed by atoms with Gasteiger partial charge in [0, 0.05) is 11.6 Å². The standard InChI is InChI=1S/C13H13ClN2O2/c1-8-4-9(14)5-11-12(8)15-7-16(13(11)17)10-2-3-18-6-10/h4-5,7,10H,2-3,6H2,1H3. The molecule has 18 heavy (non-hydrogen) atoms. The number of nitrogens with zero attached hydrogens (tertiary/aromatic N) is 2. The highest BCUT2D eigenvalue weighted by molar-refractivity contribution is 6.31. The van der Waals surface area contributed by atoms with Crippen LogP contribution in [0.2, 0.25) is 5.02 Å². The van der Waals surface area contributed by atoms with Crippen LogP contribution < -0.4 is 5.56 Å². The van der Waals surface area contributed by atoms with Gasteiger partial charge in [-0.1, -0.05) is 11.6 Å². The van der Waals surface area contributed by atoms with Crippen molar-refractivity contribution in [3.63, 3.8) is 0 Å². The van der Waals surface area contributed by atoms with Crippen molar-refractivity contribution in [1.29, 1.82) is 0 Å². The molecule has 1 aromatic carbocycles. The molecule has 0 bridgehead atoms. The first-order valence-corrected chi connectivity index (χ1v) is 6.29. The fourth-order valence-electron chi connectivity index (χ4n) is 2.38. The van der Waals surface area contributed by atoms with Crippen LogP contribution in [0.3, 0.4) is 0 Å². The summed E-state index contributed by atoms with van der Waals surface area (Å²) in [7, 11) is 0. The van der Waals surface area contributed by atoms with Gasteiger partial charge in [0.15, 0.2) is 0 Å². The Hall–Kier alpha value is -1.39. The van der Waals surface area contributed by atoms with Crippen molar-refractivity contribution in [2.75, 3.05) is 13.2 Å². The molecule has 1 atom stereocenters. The van der Waals surface area contributed by atoms with Gasteiger partial charge in [0.25, 0.3) is 5.56 Å². The van der Waals surface area contributed by atoms with Crippen LogP contribution in [0.5, 0.6) is 0 Å². The van der Waals surface area contributed by atoms with Crippen LogP contribution >= 0.6 is 11.6 Å². The minimum atomic E-state index is -0.0406. The van der Waals surface area contributed by atoms with Crippen molar-refractivity contribution in [3.8, 4) is 0 Å². The van der Waals surface area contributed by atoms with Crippen molar-refractivity contribution >= 4 is 22.5 Å². The first-order valence-electron chi connectivity index (χ1n) is 5.91. The molecule has 5 heteroatoms. The quantitative estimate of drug-likeness (QED) is 0.794. The maximum atomic E-state index is 12.4. The van der Waals surface area contributed by atoms with E-state index < -0.39 is 0 Å². The number of benzene rings is 1. The molecule has 1 saturated heterocycles. The van der Waals surface area contributed by atoms with Gasteiger partial charge in [-0.2, -0.15) is 0 Å². The van der Waals surface area contributed by atoms with Crippen molar-refractivity contribution in [2.24, 2.45) is 0 Å². The molecule has 1 aliphatic rings. The molecule has 94 valence electrons. The zero-order valence-electron chi connectivity index (χ0n) is 10.0. The summed E-state index contributed by atoms with van der Waals surface area (Å²) in [4.78, 5) is 16.8. The van der Waals surface area contributed by atoms with E-state index in [0.717, 1.165) is 17.5 Å². The van der Waals surface area contributed by atoms with Crippen molar-refractivity contribution in [2.45, 2.75) is 19.4 Å². The number of hydrogen-bond acceptors (Lipinski definition) is 3. The third-order valence-corrected chi connectivity index (χ3v) is 3.56. The highest BCUT2D eigenvalue weighted by Crippen LogP contribution is 2.21. The van der Waals surface area contributed by atoms with Gasteiger partial charge in [0.05, 0.1) is 29.9 Å². The van der Waals surface area contributed by atoms with Crippen LogP contribution in [0, 0.1) is 6.92 Å². The van der Waals surface area contributed by atoms with Crippen molar-refractivity contribution < 1.29 is 4.74 Å². The zero-order chi connectivity index (χ0) is 12.7. The first kappa shape index (κ1) is 11.7. The number of halogens is 1.